The predicted molar refractivity (Wildman–Crippen MR) is 78.1 cm³/mol. The van der Waals surface area contributed by atoms with Gasteiger partial charge in [0.05, 0.1) is 0 Å². The van der Waals surface area contributed by atoms with Crippen molar-refractivity contribution >= 4 is 0 Å². The van der Waals surface area contributed by atoms with E-state index in [2.05, 4.69) is 33.9 Å². The Labute approximate surface area is 108 Å². The predicted octanol–water partition coefficient (Wildman–Crippen LogP) is 5.75. The number of hydrogen-bond donors (Lipinski definition) is 0. The van der Waals surface area contributed by atoms with Crippen LogP contribution in [0, 0.1) is 17.8 Å². The van der Waals surface area contributed by atoms with Crippen LogP contribution in [0.3, 0.4) is 0 Å². The van der Waals surface area contributed by atoms with Crippen molar-refractivity contribution in [2.24, 2.45) is 17.8 Å². The third kappa shape index (κ3) is 4.33. The number of fused-ring (bicyclic) bond motifs is 1. The summed E-state index contributed by atoms with van der Waals surface area (Å²) in [5.74, 6) is 2.53. The average Bonchev–Trinajstić information content (AvgIpc) is 2.56. The van der Waals surface area contributed by atoms with Gasteiger partial charge >= 0.3 is 0 Å². The van der Waals surface area contributed by atoms with Crippen LogP contribution in [0.15, 0.2) is 24.3 Å². The van der Waals surface area contributed by atoms with E-state index in [9.17, 15) is 0 Å². The van der Waals surface area contributed by atoms with Crippen molar-refractivity contribution in [1.29, 1.82) is 0 Å². The van der Waals surface area contributed by atoms with Crippen molar-refractivity contribution in [3.63, 3.8) is 0 Å². The standard InChI is InChI=1S/C11H16.C6H14/c1-8-7-9(2)11-6-4-3-5-10(8)11;1-4-5-6(2)3/h10-11H,1-7H2;6H,4-5H2,1-3H3. The molecule has 0 heterocycles. The maximum absolute atomic E-state index is 4.13. The summed E-state index contributed by atoms with van der Waals surface area (Å²) in [6.07, 6.45) is 9.40. The highest BCUT2D eigenvalue weighted by Crippen LogP contribution is 2.47. The lowest BCUT2D eigenvalue weighted by atomic mass is 9.79. The Morgan fingerprint density at radius 2 is 1.53 bits per heavy atom. The number of rotatable bonds is 2. The molecule has 2 aliphatic rings. The van der Waals surface area contributed by atoms with Crippen LogP contribution in [0.2, 0.25) is 0 Å². The maximum atomic E-state index is 4.13. The second-order valence-electron chi connectivity index (χ2n) is 6.17. The molecule has 0 radical (unpaired) electrons. The Hall–Kier alpha value is -0.520. The van der Waals surface area contributed by atoms with Gasteiger partial charge in [-0.2, -0.15) is 0 Å². The molecule has 2 unspecified atom stereocenters. The Morgan fingerprint density at radius 3 is 1.82 bits per heavy atom. The normalized spacial score (nSPS) is 27.8. The summed E-state index contributed by atoms with van der Waals surface area (Å²) < 4.78 is 0. The third-order valence-electron chi connectivity index (χ3n) is 4.13. The molecule has 2 fully saturated rings. The van der Waals surface area contributed by atoms with Gasteiger partial charge < -0.3 is 0 Å². The van der Waals surface area contributed by atoms with E-state index < -0.39 is 0 Å². The van der Waals surface area contributed by atoms with Crippen LogP contribution in [0.1, 0.15) is 65.7 Å². The lowest BCUT2D eigenvalue weighted by Crippen LogP contribution is -2.14. The molecule has 2 aliphatic carbocycles. The van der Waals surface area contributed by atoms with E-state index in [1.807, 2.05) is 0 Å². The highest BCUT2D eigenvalue weighted by atomic mass is 14.4. The molecule has 2 atom stereocenters. The van der Waals surface area contributed by atoms with E-state index >= 15 is 0 Å². The molecular formula is C17H30. The first-order valence-corrected chi connectivity index (χ1v) is 7.41. The molecule has 0 amide bonds. The fourth-order valence-electron chi connectivity index (χ4n) is 3.24. The van der Waals surface area contributed by atoms with Crippen LogP contribution < -0.4 is 0 Å². The van der Waals surface area contributed by atoms with Crippen LogP contribution in [-0.4, -0.2) is 0 Å². The van der Waals surface area contributed by atoms with Crippen molar-refractivity contribution in [2.45, 2.75) is 65.7 Å². The molecule has 0 aromatic carbocycles. The zero-order chi connectivity index (χ0) is 12.8. The molecule has 17 heavy (non-hydrogen) atoms. The second-order valence-corrected chi connectivity index (χ2v) is 6.17. The summed E-state index contributed by atoms with van der Waals surface area (Å²) in [6, 6.07) is 0. The molecule has 2 rings (SSSR count). The van der Waals surface area contributed by atoms with Gasteiger partial charge in [0.2, 0.25) is 0 Å². The van der Waals surface area contributed by atoms with E-state index in [1.54, 1.807) is 0 Å². The van der Waals surface area contributed by atoms with Crippen molar-refractivity contribution in [3.05, 3.63) is 24.3 Å². The largest absolute Gasteiger partial charge is 0.0992 e. The summed E-state index contributed by atoms with van der Waals surface area (Å²) in [6.45, 7) is 15.0. The summed E-state index contributed by atoms with van der Waals surface area (Å²) in [4.78, 5) is 0. The molecule has 0 saturated heterocycles. The zero-order valence-corrected chi connectivity index (χ0v) is 12.1. The van der Waals surface area contributed by atoms with E-state index in [-0.39, 0.29) is 0 Å². The Kier molecular flexibility index (Phi) is 6.02. The Balaban J connectivity index is 0.000000209. The second kappa shape index (κ2) is 7.03. The monoisotopic (exact) mass is 234 g/mol. The van der Waals surface area contributed by atoms with Crippen molar-refractivity contribution < 1.29 is 0 Å². The smallest absolute Gasteiger partial charge is 0.0108 e. The highest BCUT2D eigenvalue weighted by Gasteiger charge is 2.34. The fourth-order valence-corrected chi connectivity index (χ4v) is 3.24. The summed E-state index contributed by atoms with van der Waals surface area (Å²) in [7, 11) is 0. The van der Waals surface area contributed by atoms with Crippen LogP contribution in [0.25, 0.3) is 0 Å². The van der Waals surface area contributed by atoms with Gasteiger partial charge in [0.1, 0.15) is 0 Å². The van der Waals surface area contributed by atoms with Gasteiger partial charge in [-0.1, -0.05) is 70.8 Å². The fraction of sp³-hybridized carbons (Fsp3) is 0.765. The SMILES string of the molecule is C=C1CC(=C)C2CCCCC12.CCCC(C)C. The zero-order valence-electron chi connectivity index (χ0n) is 12.1. The van der Waals surface area contributed by atoms with Crippen LogP contribution in [-0.2, 0) is 0 Å². The minimum Gasteiger partial charge on any atom is -0.0992 e. The molecule has 0 spiro atoms. The van der Waals surface area contributed by atoms with Crippen LogP contribution >= 0.6 is 0 Å². The van der Waals surface area contributed by atoms with Crippen molar-refractivity contribution in [2.75, 3.05) is 0 Å². The first-order valence-electron chi connectivity index (χ1n) is 7.41. The average molecular weight is 234 g/mol. The van der Waals surface area contributed by atoms with Gasteiger partial charge in [0.25, 0.3) is 0 Å². The first-order chi connectivity index (χ1) is 8.06. The van der Waals surface area contributed by atoms with Crippen molar-refractivity contribution in [3.8, 4) is 0 Å². The van der Waals surface area contributed by atoms with Gasteiger partial charge in [-0.25, -0.2) is 0 Å². The van der Waals surface area contributed by atoms with Crippen molar-refractivity contribution in [1.82, 2.24) is 0 Å². The molecule has 0 heteroatoms. The molecule has 0 N–H and O–H groups in total. The molecular weight excluding hydrogens is 204 g/mol. The lowest BCUT2D eigenvalue weighted by Gasteiger charge is -2.25. The van der Waals surface area contributed by atoms with E-state index in [0.29, 0.717) is 0 Å². The summed E-state index contributed by atoms with van der Waals surface area (Å²) >= 11 is 0. The molecule has 0 nitrogen and oxygen atoms in total. The third-order valence-corrected chi connectivity index (χ3v) is 4.13. The van der Waals surface area contributed by atoms with E-state index in [4.69, 9.17) is 0 Å². The topological polar surface area (TPSA) is 0 Å². The quantitative estimate of drug-likeness (QED) is 0.533. The molecule has 0 aromatic rings. The molecule has 0 bridgehead atoms. The van der Waals surface area contributed by atoms with Gasteiger partial charge in [0, 0.05) is 0 Å². The van der Waals surface area contributed by atoms with Gasteiger partial charge in [-0.15, -0.1) is 0 Å². The molecule has 2 saturated carbocycles. The Morgan fingerprint density at radius 1 is 1.06 bits per heavy atom. The van der Waals surface area contributed by atoms with Crippen LogP contribution in [0.5, 0.6) is 0 Å². The Bertz CT molecular complexity index is 237. The maximum Gasteiger partial charge on any atom is -0.0108 e. The highest BCUT2D eigenvalue weighted by molar-refractivity contribution is 5.26. The molecule has 0 aliphatic heterocycles. The number of allylic oxidation sites excluding steroid dienone is 2. The molecule has 0 aromatic heterocycles. The van der Waals surface area contributed by atoms with Gasteiger partial charge in [0.15, 0.2) is 0 Å². The minimum absolute atomic E-state index is 0.816. The summed E-state index contributed by atoms with van der Waals surface area (Å²) in [5, 5.41) is 0. The lowest BCUT2D eigenvalue weighted by molar-refractivity contribution is 0.338. The molecule has 98 valence electrons. The van der Waals surface area contributed by atoms with Gasteiger partial charge in [-0.05, 0) is 37.0 Å². The van der Waals surface area contributed by atoms with Crippen LogP contribution in [0.4, 0.5) is 0 Å². The van der Waals surface area contributed by atoms with Gasteiger partial charge in [-0.3, -0.25) is 0 Å². The number of hydrogen-bond acceptors (Lipinski definition) is 0. The first kappa shape index (κ1) is 14.5. The summed E-state index contributed by atoms with van der Waals surface area (Å²) in [5.41, 5.74) is 2.92. The minimum atomic E-state index is 0.816. The van der Waals surface area contributed by atoms with E-state index in [1.165, 1.54) is 49.7 Å². The van der Waals surface area contributed by atoms with E-state index in [0.717, 1.165) is 24.2 Å².